The first kappa shape index (κ1) is 31.8. The first-order valence-corrected chi connectivity index (χ1v) is 15.9. The van der Waals surface area contributed by atoms with Crippen LogP contribution in [-0.4, -0.2) is 51.9 Å². The molecule has 10 heteroatoms. The van der Waals surface area contributed by atoms with Crippen LogP contribution in [0.25, 0.3) is 0 Å². The number of aryl methyl sites for hydroxylation is 1. The second-order valence-corrected chi connectivity index (χ2v) is 12.8. The van der Waals surface area contributed by atoms with Crippen LogP contribution < -0.4 is 14.4 Å². The zero-order valence-corrected chi connectivity index (χ0v) is 26.6. The lowest BCUT2D eigenvalue weighted by molar-refractivity contribution is -0.139. The highest BCUT2D eigenvalue weighted by atomic mass is 79.9. The summed E-state index contributed by atoms with van der Waals surface area (Å²) in [6.07, 6.45) is 0.244. The Labute approximate surface area is 261 Å². The number of anilines is 1. The standard InChI is InChI=1S/C33H34BrN3O5S/c1-24-12-18-30(19-13-24)43(40,41)37(28-14-16-29(42-3)17-15-28)23-32(38)36(22-26-10-7-11-27(34)20-26)31(33(39)35-2)21-25-8-5-4-6-9-25/h4-20,31H,21-23H2,1-3H3,(H,35,39). The number of rotatable bonds is 12. The maximum absolute atomic E-state index is 14.3. The second kappa shape index (κ2) is 14.3. The minimum Gasteiger partial charge on any atom is -0.497 e. The molecule has 0 heterocycles. The monoisotopic (exact) mass is 663 g/mol. The van der Waals surface area contributed by atoms with E-state index in [4.69, 9.17) is 4.74 Å². The van der Waals surface area contributed by atoms with Crippen molar-refractivity contribution < 1.29 is 22.7 Å². The molecule has 0 saturated carbocycles. The summed E-state index contributed by atoms with van der Waals surface area (Å²) >= 11 is 3.48. The van der Waals surface area contributed by atoms with Crippen molar-refractivity contribution in [2.45, 2.75) is 30.8 Å². The quantitative estimate of drug-likeness (QED) is 0.221. The summed E-state index contributed by atoms with van der Waals surface area (Å²) < 4.78 is 35.3. The van der Waals surface area contributed by atoms with Crippen LogP contribution in [0.2, 0.25) is 0 Å². The van der Waals surface area contributed by atoms with E-state index in [2.05, 4.69) is 21.2 Å². The fraction of sp³-hybridized carbons (Fsp3) is 0.212. The Morgan fingerprint density at radius 1 is 0.884 bits per heavy atom. The molecule has 1 atom stereocenters. The summed E-state index contributed by atoms with van der Waals surface area (Å²) in [5.74, 6) is -0.345. The third-order valence-electron chi connectivity index (χ3n) is 7.01. The molecule has 0 fully saturated rings. The van der Waals surface area contributed by atoms with E-state index in [0.29, 0.717) is 5.75 Å². The molecule has 0 radical (unpaired) electrons. The Hall–Kier alpha value is -4.15. The smallest absolute Gasteiger partial charge is 0.264 e. The highest BCUT2D eigenvalue weighted by Crippen LogP contribution is 2.27. The van der Waals surface area contributed by atoms with Gasteiger partial charge in [-0.25, -0.2) is 8.42 Å². The SMILES string of the molecule is CNC(=O)C(Cc1ccccc1)N(Cc1cccc(Br)c1)C(=O)CN(c1ccc(OC)cc1)S(=O)(=O)c1ccc(C)cc1. The highest BCUT2D eigenvalue weighted by molar-refractivity contribution is 9.10. The predicted molar refractivity (Wildman–Crippen MR) is 171 cm³/mol. The molecule has 4 aromatic carbocycles. The van der Waals surface area contributed by atoms with Crippen LogP contribution in [0.1, 0.15) is 16.7 Å². The van der Waals surface area contributed by atoms with Crippen LogP contribution in [0.15, 0.2) is 112 Å². The fourth-order valence-electron chi connectivity index (χ4n) is 4.67. The largest absolute Gasteiger partial charge is 0.497 e. The first-order valence-electron chi connectivity index (χ1n) is 13.6. The third kappa shape index (κ3) is 8.03. The molecule has 1 unspecified atom stereocenters. The van der Waals surface area contributed by atoms with Crippen LogP contribution in [0.3, 0.4) is 0 Å². The average Bonchev–Trinajstić information content (AvgIpc) is 3.02. The molecule has 0 spiro atoms. The molecule has 2 amide bonds. The molecule has 0 aromatic heterocycles. The fourth-order valence-corrected chi connectivity index (χ4v) is 6.53. The van der Waals surface area contributed by atoms with Crippen LogP contribution >= 0.6 is 15.9 Å². The molecule has 0 aliphatic carbocycles. The molecule has 0 bridgehead atoms. The van der Waals surface area contributed by atoms with Gasteiger partial charge in [-0.15, -0.1) is 0 Å². The molecular formula is C33H34BrN3O5S. The highest BCUT2D eigenvalue weighted by Gasteiger charge is 2.34. The minimum absolute atomic E-state index is 0.0485. The Morgan fingerprint density at radius 2 is 1.53 bits per heavy atom. The molecule has 224 valence electrons. The van der Waals surface area contributed by atoms with E-state index in [1.54, 1.807) is 36.4 Å². The molecular weight excluding hydrogens is 630 g/mol. The summed E-state index contributed by atoms with van der Waals surface area (Å²) in [5, 5.41) is 2.69. The van der Waals surface area contributed by atoms with Crippen molar-refractivity contribution in [3.8, 4) is 5.75 Å². The summed E-state index contributed by atoms with van der Waals surface area (Å²) in [6.45, 7) is 1.43. The van der Waals surface area contributed by atoms with Crippen molar-refractivity contribution >= 4 is 43.5 Å². The van der Waals surface area contributed by atoms with Gasteiger partial charge in [-0.2, -0.15) is 0 Å². The van der Waals surface area contributed by atoms with Gasteiger partial charge in [-0.3, -0.25) is 13.9 Å². The Morgan fingerprint density at radius 3 is 2.14 bits per heavy atom. The van der Waals surface area contributed by atoms with Gasteiger partial charge in [0.15, 0.2) is 0 Å². The van der Waals surface area contributed by atoms with Crippen LogP contribution in [-0.2, 0) is 32.6 Å². The molecule has 8 nitrogen and oxygen atoms in total. The summed E-state index contributed by atoms with van der Waals surface area (Å²) in [7, 11) is -1.13. The van der Waals surface area contributed by atoms with E-state index in [1.165, 1.54) is 31.2 Å². The Kier molecular flexibility index (Phi) is 10.6. The van der Waals surface area contributed by atoms with Crippen molar-refractivity contribution in [2.24, 2.45) is 0 Å². The first-order chi connectivity index (χ1) is 20.6. The molecule has 0 aliphatic heterocycles. The van der Waals surface area contributed by atoms with Crippen molar-refractivity contribution in [2.75, 3.05) is 25.0 Å². The Bertz CT molecular complexity index is 1650. The van der Waals surface area contributed by atoms with Gasteiger partial charge in [0.2, 0.25) is 11.8 Å². The number of amides is 2. The maximum atomic E-state index is 14.3. The van der Waals surface area contributed by atoms with Crippen LogP contribution in [0, 0.1) is 6.92 Å². The van der Waals surface area contributed by atoms with E-state index in [1.807, 2.05) is 61.5 Å². The van der Waals surface area contributed by atoms with Crippen molar-refractivity contribution in [1.29, 1.82) is 0 Å². The number of sulfonamides is 1. The van der Waals surface area contributed by atoms with Gasteiger partial charge in [0.1, 0.15) is 18.3 Å². The van der Waals surface area contributed by atoms with Crippen LogP contribution in [0.4, 0.5) is 5.69 Å². The van der Waals surface area contributed by atoms with Crippen molar-refractivity contribution in [3.63, 3.8) is 0 Å². The van der Waals surface area contributed by atoms with Gasteiger partial charge in [-0.1, -0.05) is 76.1 Å². The summed E-state index contributed by atoms with van der Waals surface area (Å²) in [6, 6.07) is 28.9. The molecule has 4 aromatic rings. The number of halogens is 1. The average molecular weight is 665 g/mol. The number of carbonyl (C=O) groups excluding carboxylic acids is 2. The van der Waals surface area contributed by atoms with E-state index < -0.39 is 28.5 Å². The van der Waals surface area contributed by atoms with Gasteiger partial charge in [0.05, 0.1) is 17.7 Å². The number of nitrogens with zero attached hydrogens (tertiary/aromatic N) is 2. The number of likely N-dealkylation sites (N-methyl/N-ethyl adjacent to an activating group) is 1. The minimum atomic E-state index is -4.17. The Balaban J connectivity index is 1.79. The number of hydrogen-bond donors (Lipinski definition) is 1. The number of carbonyl (C=O) groups is 2. The molecule has 4 rings (SSSR count). The van der Waals surface area contributed by atoms with E-state index in [-0.39, 0.29) is 29.5 Å². The van der Waals surface area contributed by atoms with Crippen LogP contribution in [0.5, 0.6) is 5.75 Å². The normalized spacial score (nSPS) is 11.8. The number of ether oxygens (including phenoxy) is 1. The van der Waals surface area contributed by atoms with Gasteiger partial charge < -0.3 is 15.0 Å². The molecule has 1 N–H and O–H groups in total. The zero-order chi connectivity index (χ0) is 31.0. The number of methoxy groups -OCH3 is 1. The lowest BCUT2D eigenvalue weighted by Gasteiger charge is -2.33. The topological polar surface area (TPSA) is 96.0 Å². The van der Waals surface area contributed by atoms with Crippen molar-refractivity contribution in [1.82, 2.24) is 10.2 Å². The third-order valence-corrected chi connectivity index (χ3v) is 9.29. The predicted octanol–water partition coefficient (Wildman–Crippen LogP) is 5.35. The number of benzene rings is 4. The molecule has 0 aliphatic rings. The molecule has 43 heavy (non-hydrogen) atoms. The van der Waals surface area contributed by atoms with E-state index in [9.17, 15) is 18.0 Å². The van der Waals surface area contributed by atoms with Gasteiger partial charge in [-0.05, 0) is 66.6 Å². The number of nitrogens with one attached hydrogen (secondary N) is 1. The number of hydrogen-bond acceptors (Lipinski definition) is 5. The maximum Gasteiger partial charge on any atom is 0.264 e. The summed E-state index contributed by atoms with van der Waals surface area (Å²) in [5.41, 5.74) is 2.83. The van der Waals surface area contributed by atoms with E-state index >= 15 is 0 Å². The second-order valence-electron chi connectivity index (χ2n) is 9.99. The van der Waals surface area contributed by atoms with E-state index in [0.717, 1.165) is 25.5 Å². The van der Waals surface area contributed by atoms with Crippen molar-refractivity contribution in [3.05, 3.63) is 124 Å². The molecule has 0 saturated heterocycles. The van der Waals surface area contributed by atoms with Gasteiger partial charge >= 0.3 is 0 Å². The lowest BCUT2D eigenvalue weighted by atomic mass is 10.0. The summed E-state index contributed by atoms with van der Waals surface area (Å²) in [4.78, 5) is 29.2. The van der Waals surface area contributed by atoms with Gasteiger partial charge in [0, 0.05) is 24.5 Å². The van der Waals surface area contributed by atoms with Gasteiger partial charge in [0.25, 0.3) is 10.0 Å². The zero-order valence-electron chi connectivity index (χ0n) is 24.2. The lowest BCUT2D eigenvalue weighted by Crippen LogP contribution is -2.53.